The van der Waals surface area contributed by atoms with E-state index < -0.39 is 11.9 Å². The molecule has 2 aromatic rings. The molecule has 1 amide bonds. The van der Waals surface area contributed by atoms with Crippen LogP contribution in [0.3, 0.4) is 0 Å². The SMILES string of the molecule is Cc1ccc(NC(=O)COC(=O)CCOc2ccccc2C)c(Br)c1. The van der Waals surface area contributed by atoms with Crippen LogP contribution >= 0.6 is 15.9 Å². The molecule has 0 radical (unpaired) electrons. The van der Waals surface area contributed by atoms with Gasteiger partial charge in [0.25, 0.3) is 5.91 Å². The van der Waals surface area contributed by atoms with E-state index in [1.54, 1.807) is 6.07 Å². The standard InChI is InChI=1S/C19H20BrNO4/c1-13-7-8-16(15(20)11-13)21-18(22)12-25-19(23)9-10-24-17-6-4-3-5-14(17)2/h3-8,11H,9-10,12H2,1-2H3,(H,21,22). The maximum absolute atomic E-state index is 11.9. The average Bonchev–Trinajstić information content (AvgIpc) is 2.57. The van der Waals surface area contributed by atoms with E-state index in [1.165, 1.54) is 0 Å². The van der Waals surface area contributed by atoms with Gasteiger partial charge in [-0.2, -0.15) is 0 Å². The summed E-state index contributed by atoms with van der Waals surface area (Å²) in [6.45, 7) is 3.76. The minimum absolute atomic E-state index is 0.0792. The maximum atomic E-state index is 11.9. The van der Waals surface area contributed by atoms with Crippen molar-refractivity contribution in [1.82, 2.24) is 0 Å². The molecule has 0 aliphatic heterocycles. The summed E-state index contributed by atoms with van der Waals surface area (Å²) in [4.78, 5) is 23.5. The molecule has 1 N–H and O–H groups in total. The summed E-state index contributed by atoms with van der Waals surface area (Å²) in [5, 5.41) is 2.69. The van der Waals surface area contributed by atoms with Crippen LogP contribution in [0.2, 0.25) is 0 Å². The molecule has 2 aromatic carbocycles. The molecule has 0 aliphatic carbocycles. The Balaban J connectivity index is 1.70. The predicted molar refractivity (Wildman–Crippen MR) is 99.8 cm³/mol. The van der Waals surface area contributed by atoms with E-state index in [1.807, 2.05) is 50.2 Å². The quantitative estimate of drug-likeness (QED) is 0.706. The van der Waals surface area contributed by atoms with Crippen molar-refractivity contribution < 1.29 is 19.1 Å². The molecule has 0 bridgehead atoms. The zero-order valence-electron chi connectivity index (χ0n) is 14.2. The number of carbonyl (C=O) groups excluding carboxylic acids is 2. The molecule has 25 heavy (non-hydrogen) atoms. The summed E-state index contributed by atoms with van der Waals surface area (Å²) < 4.78 is 11.3. The van der Waals surface area contributed by atoms with Gasteiger partial charge in [0.2, 0.25) is 0 Å². The van der Waals surface area contributed by atoms with Crippen LogP contribution in [-0.4, -0.2) is 25.1 Å². The summed E-state index contributed by atoms with van der Waals surface area (Å²) in [6.07, 6.45) is 0.0792. The highest BCUT2D eigenvalue weighted by molar-refractivity contribution is 9.10. The van der Waals surface area contributed by atoms with E-state index in [9.17, 15) is 9.59 Å². The normalized spacial score (nSPS) is 10.2. The number of benzene rings is 2. The molecule has 5 nitrogen and oxygen atoms in total. The maximum Gasteiger partial charge on any atom is 0.309 e. The summed E-state index contributed by atoms with van der Waals surface area (Å²) in [5.74, 6) is -0.137. The van der Waals surface area contributed by atoms with Gasteiger partial charge < -0.3 is 14.8 Å². The Kier molecular flexibility index (Phi) is 7.01. The Morgan fingerprint density at radius 2 is 1.88 bits per heavy atom. The first-order chi connectivity index (χ1) is 12.0. The van der Waals surface area contributed by atoms with Gasteiger partial charge in [-0.05, 0) is 59.1 Å². The lowest BCUT2D eigenvalue weighted by Gasteiger charge is -2.10. The zero-order valence-corrected chi connectivity index (χ0v) is 15.8. The van der Waals surface area contributed by atoms with Crippen molar-refractivity contribution in [3.8, 4) is 5.75 Å². The van der Waals surface area contributed by atoms with Crippen LogP contribution in [0.1, 0.15) is 17.5 Å². The number of para-hydroxylation sites is 1. The fourth-order valence-electron chi connectivity index (χ4n) is 2.09. The van der Waals surface area contributed by atoms with Crippen LogP contribution in [0.5, 0.6) is 5.75 Å². The van der Waals surface area contributed by atoms with Gasteiger partial charge in [0.05, 0.1) is 18.7 Å². The molecular formula is C19H20BrNO4. The molecule has 132 valence electrons. The van der Waals surface area contributed by atoms with Gasteiger partial charge in [-0.3, -0.25) is 9.59 Å². The minimum atomic E-state index is -0.480. The molecule has 0 spiro atoms. The van der Waals surface area contributed by atoms with E-state index in [-0.39, 0.29) is 19.6 Å². The van der Waals surface area contributed by atoms with Crippen LogP contribution < -0.4 is 10.1 Å². The Morgan fingerprint density at radius 1 is 1.12 bits per heavy atom. The second-order valence-corrected chi connectivity index (χ2v) is 6.41. The number of nitrogens with one attached hydrogen (secondary N) is 1. The number of amides is 1. The van der Waals surface area contributed by atoms with Gasteiger partial charge in [0.15, 0.2) is 6.61 Å². The van der Waals surface area contributed by atoms with Crippen LogP contribution in [0.25, 0.3) is 0 Å². The zero-order chi connectivity index (χ0) is 18.2. The second kappa shape index (κ2) is 9.22. The summed E-state index contributed by atoms with van der Waals surface area (Å²) in [5.41, 5.74) is 2.71. The molecular weight excluding hydrogens is 386 g/mol. The van der Waals surface area contributed by atoms with Crippen molar-refractivity contribution in [1.29, 1.82) is 0 Å². The highest BCUT2D eigenvalue weighted by Crippen LogP contribution is 2.23. The smallest absolute Gasteiger partial charge is 0.309 e. The van der Waals surface area contributed by atoms with Crippen LogP contribution in [0.4, 0.5) is 5.69 Å². The monoisotopic (exact) mass is 405 g/mol. The second-order valence-electron chi connectivity index (χ2n) is 5.56. The highest BCUT2D eigenvalue weighted by atomic mass is 79.9. The van der Waals surface area contributed by atoms with E-state index in [2.05, 4.69) is 21.2 Å². The number of hydrogen-bond donors (Lipinski definition) is 1. The summed E-state index contributed by atoms with van der Waals surface area (Å²) >= 11 is 3.38. The predicted octanol–water partition coefficient (Wildman–Crippen LogP) is 4.02. The Labute approximate surface area is 155 Å². The van der Waals surface area contributed by atoms with Crippen molar-refractivity contribution in [2.24, 2.45) is 0 Å². The average molecular weight is 406 g/mol. The first kappa shape index (κ1) is 19.0. The topological polar surface area (TPSA) is 64.6 Å². The summed E-state index contributed by atoms with van der Waals surface area (Å²) in [6, 6.07) is 13.1. The third-order valence-corrected chi connectivity index (χ3v) is 4.08. The number of aryl methyl sites for hydroxylation is 2. The minimum Gasteiger partial charge on any atom is -0.493 e. The fourth-order valence-corrected chi connectivity index (χ4v) is 2.68. The molecule has 0 fully saturated rings. The van der Waals surface area contributed by atoms with Gasteiger partial charge in [-0.15, -0.1) is 0 Å². The lowest BCUT2D eigenvalue weighted by atomic mass is 10.2. The number of ether oxygens (including phenoxy) is 2. The van der Waals surface area contributed by atoms with Gasteiger partial charge in [0.1, 0.15) is 5.75 Å². The summed E-state index contributed by atoms with van der Waals surface area (Å²) in [7, 11) is 0. The first-order valence-electron chi connectivity index (χ1n) is 7.86. The van der Waals surface area contributed by atoms with Gasteiger partial charge in [-0.1, -0.05) is 24.3 Å². The lowest BCUT2D eigenvalue weighted by Crippen LogP contribution is -2.21. The Morgan fingerprint density at radius 3 is 2.60 bits per heavy atom. The number of esters is 1. The fraction of sp³-hybridized carbons (Fsp3) is 0.263. The Bertz CT molecular complexity index is 761. The lowest BCUT2D eigenvalue weighted by molar-refractivity contribution is -0.147. The third-order valence-electron chi connectivity index (χ3n) is 3.42. The van der Waals surface area contributed by atoms with E-state index in [0.29, 0.717) is 5.69 Å². The van der Waals surface area contributed by atoms with E-state index in [4.69, 9.17) is 9.47 Å². The van der Waals surface area contributed by atoms with Crippen LogP contribution in [0, 0.1) is 13.8 Å². The number of rotatable bonds is 7. The first-order valence-corrected chi connectivity index (χ1v) is 8.65. The molecule has 0 heterocycles. The number of anilines is 1. The van der Waals surface area contributed by atoms with Crippen molar-refractivity contribution >= 4 is 33.5 Å². The molecule has 0 unspecified atom stereocenters. The number of hydrogen-bond acceptors (Lipinski definition) is 4. The van der Waals surface area contributed by atoms with Crippen LogP contribution in [-0.2, 0) is 14.3 Å². The van der Waals surface area contributed by atoms with Gasteiger partial charge in [-0.25, -0.2) is 0 Å². The molecule has 0 saturated carbocycles. The van der Waals surface area contributed by atoms with Crippen molar-refractivity contribution in [3.05, 3.63) is 58.1 Å². The number of carbonyl (C=O) groups is 2. The highest BCUT2D eigenvalue weighted by Gasteiger charge is 2.10. The molecule has 0 saturated heterocycles. The molecule has 0 aromatic heterocycles. The van der Waals surface area contributed by atoms with E-state index in [0.717, 1.165) is 21.3 Å². The van der Waals surface area contributed by atoms with Crippen molar-refractivity contribution in [2.75, 3.05) is 18.5 Å². The van der Waals surface area contributed by atoms with Gasteiger partial charge in [0, 0.05) is 4.47 Å². The Hall–Kier alpha value is -2.34. The molecule has 6 heteroatoms. The van der Waals surface area contributed by atoms with Crippen molar-refractivity contribution in [2.45, 2.75) is 20.3 Å². The molecule has 0 aliphatic rings. The number of halogens is 1. The van der Waals surface area contributed by atoms with Gasteiger partial charge >= 0.3 is 5.97 Å². The largest absolute Gasteiger partial charge is 0.493 e. The van der Waals surface area contributed by atoms with Crippen molar-refractivity contribution in [3.63, 3.8) is 0 Å². The van der Waals surface area contributed by atoms with Crippen LogP contribution in [0.15, 0.2) is 46.9 Å². The molecule has 0 atom stereocenters. The molecule has 2 rings (SSSR count). The van der Waals surface area contributed by atoms with E-state index >= 15 is 0 Å². The third kappa shape index (κ3) is 6.23.